The van der Waals surface area contributed by atoms with Gasteiger partial charge in [-0.2, -0.15) is 0 Å². The van der Waals surface area contributed by atoms with Gasteiger partial charge in [0.2, 0.25) is 16.8 Å². The molecule has 3 aromatic carbocycles. The fourth-order valence-corrected chi connectivity index (χ4v) is 4.25. The van der Waals surface area contributed by atoms with Crippen molar-refractivity contribution in [3.05, 3.63) is 83.2 Å². The molecule has 15 heteroatoms. The first kappa shape index (κ1) is 29.2. The standard InChI is InChI=1S/C26H19F5N4O5S/c1-39-15-9-7-14(8-10-15)34-24(37)16(11-17(36)32-13-5-3-12(4-6-13)25(38)40-2)35(26(34)41)33-23-21(30)19(28)18(27)20(29)22(23)31/h3-10,16,33H,11H2,1-2H3,(H,32,36). The van der Waals surface area contributed by atoms with Gasteiger partial charge in [0, 0.05) is 5.69 Å². The Hall–Kier alpha value is -4.79. The van der Waals surface area contributed by atoms with Crippen LogP contribution < -0.4 is 20.4 Å². The zero-order valence-electron chi connectivity index (χ0n) is 21.1. The van der Waals surface area contributed by atoms with Crippen molar-refractivity contribution in [3.63, 3.8) is 0 Å². The van der Waals surface area contributed by atoms with Gasteiger partial charge in [0.15, 0.2) is 23.3 Å². The zero-order chi connectivity index (χ0) is 30.0. The lowest BCUT2D eigenvalue weighted by Gasteiger charge is -2.26. The molecule has 0 aromatic heterocycles. The Morgan fingerprint density at radius 2 is 1.44 bits per heavy atom. The van der Waals surface area contributed by atoms with E-state index in [-0.39, 0.29) is 16.9 Å². The Balaban J connectivity index is 1.66. The molecule has 9 nitrogen and oxygen atoms in total. The van der Waals surface area contributed by atoms with Crippen LogP contribution in [-0.2, 0) is 14.3 Å². The molecule has 1 fully saturated rings. The summed E-state index contributed by atoms with van der Waals surface area (Å²) in [4.78, 5) is 38.9. The minimum absolute atomic E-state index is 0.173. The number of carbonyl (C=O) groups is 3. The fraction of sp³-hybridized carbons (Fsp3) is 0.154. The maximum atomic E-state index is 14.5. The van der Waals surface area contributed by atoms with Gasteiger partial charge in [-0.25, -0.2) is 31.8 Å². The molecule has 1 aliphatic rings. The van der Waals surface area contributed by atoms with Crippen LogP contribution in [0.3, 0.4) is 0 Å². The average molecular weight is 595 g/mol. The second-order valence-electron chi connectivity index (χ2n) is 8.42. The van der Waals surface area contributed by atoms with E-state index >= 15 is 0 Å². The molecule has 0 radical (unpaired) electrons. The van der Waals surface area contributed by atoms with Gasteiger partial charge in [-0.05, 0) is 60.7 Å². The van der Waals surface area contributed by atoms with Crippen molar-refractivity contribution in [2.45, 2.75) is 12.5 Å². The Bertz CT molecular complexity index is 1510. The van der Waals surface area contributed by atoms with Crippen LogP contribution in [0.1, 0.15) is 16.8 Å². The van der Waals surface area contributed by atoms with Crippen LogP contribution in [0.15, 0.2) is 48.5 Å². The molecule has 214 valence electrons. The highest BCUT2D eigenvalue weighted by molar-refractivity contribution is 7.80. The van der Waals surface area contributed by atoms with E-state index in [0.717, 1.165) is 4.90 Å². The Morgan fingerprint density at radius 1 is 0.878 bits per heavy atom. The summed E-state index contributed by atoms with van der Waals surface area (Å²) in [5.41, 5.74) is 1.14. The smallest absolute Gasteiger partial charge is 0.337 e. The van der Waals surface area contributed by atoms with E-state index in [2.05, 4.69) is 10.1 Å². The lowest BCUT2D eigenvalue weighted by Crippen LogP contribution is -2.42. The van der Waals surface area contributed by atoms with Crippen molar-refractivity contribution >= 4 is 52.2 Å². The summed E-state index contributed by atoms with van der Waals surface area (Å²) >= 11 is 5.32. The molecule has 4 rings (SSSR count). The number of ether oxygens (including phenoxy) is 2. The molecular weight excluding hydrogens is 575 g/mol. The van der Waals surface area contributed by atoms with Crippen LogP contribution >= 0.6 is 12.2 Å². The van der Waals surface area contributed by atoms with Crippen molar-refractivity contribution < 1.29 is 45.8 Å². The lowest BCUT2D eigenvalue weighted by atomic mass is 10.1. The highest BCUT2D eigenvalue weighted by atomic mass is 32.1. The van der Waals surface area contributed by atoms with E-state index in [4.69, 9.17) is 17.0 Å². The maximum Gasteiger partial charge on any atom is 0.337 e. The van der Waals surface area contributed by atoms with Crippen LogP contribution in [0.25, 0.3) is 0 Å². The Morgan fingerprint density at radius 3 is 1.98 bits per heavy atom. The van der Waals surface area contributed by atoms with Gasteiger partial charge in [0.05, 0.1) is 31.9 Å². The van der Waals surface area contributed by atoms with Crippen molar-refractivity contribution in [2.24, 2.45) is 0 Å². The number of hydrazine groups is 1. The second kappa shape index (κ2) is 11.8. The average Bonchev–Trinajstić information content (AvgIpc) is 3.20. The van der Waals surface area contributed by atoms with Gasteiger partial charge in [-0.1, -0.05) is 0 Å². The van der Waals surface area contributed by atoms with Gasteiger partial charge in [-0.3, -0.25) is 19.9 Å². The molecule has 0 saturated carbocycles. The molecular formula is C26H19F5N4O5S. The first-order chi connectivity index (χ1) is 19.5. The first-order valence-electron chi connectivity index (χ1n) is 11.6. The van der Waals surface area contributed by atoms with Gasteiger partial charge >= 0.3 is 5.97 Å². The summed E-state index contributed by atoms with van der Waals surface area (Å²) in [6.45, 7) is 0. The number of nitrogens with zero attached hydrogens (tertiary/aromatic N) is 2. The number of nitrogens with one attached hydrogen (secondary N) is 2. The number of anilines is 3. The predicted molar refractivity (Wildman–Crippen MR) is 140 cm³/mol. The first-order valence-corrected chi connectivity index (χ1v) is 12.0. The summed E-state index contributed by atoms with van der Waals surface area (Å²) in [7, 11) is 2.61. The third kappa shape index (κ3) is 5.61. The fourth-order valence-electron chi connectivity index (χ4n) is 3.89. The third-order valence-corrected chi connectivity index (χ3v) is 6.33. The van der Waals surface area contributed by atoms with E-state index in [1.54, 1.807) is 0 Å². The molecule has 3 aromatic rings. The lowest BCUT2D eigenvalue weighted by molar-refractivity contribution is -0.124. The number of halogens is 5. The number of carbonyl (C=O) groups excluding carboxylic acids is 3. The number of esters is 1. The van der Waals surface area contributed by atoms with Crippen molar-refractivity contribution in [1.29, 1.82) is 0 Å². The normalized spacial score (nSPS) is 14.8. The molecule has 41 heavy (non-hydrogen) atoms. The summed E-state index contributed by atoms with van der Waals surface area (Å²) in [6, 6.07) is 9.79. The number of thiocarbonyl (C=S) groups is 1. The summed E-state index contributed by atoms with van der Waals surface area (Å²) in [6.07, 6.45) is -0.674. The predicted octanol–water partition coefficient (Wildman–Crippen LogP) is 4.54. The SMILES string of the molecule is COC(=O)c1ccc(NC(=O)CC2C(=O)N(c3ccc(OC)cc3)C(=S)N2Nc2c(F)c(F)c(F)c(F)c2F)cc1. The minimum Gasteiger partial charge on any atom is -0.497 e. The Labute approximate surface area is 234 Å². The van der Waals surface area contributed by atoms with Crippen molar-refractivity contribution in [3.8, 4) is 5.75 Å². The number of rotatable bonds is 8. The van der Waals surface area contributed by atoms with E-state index < -0.39 is 70.1 Å². The van der Waals surface area contributed by atoms with Gasteiger partial charge < -0.3 is 14.8 Å². The topological polar surface area (TPSA) is 100 Å². The largest absolute Gasteiger partial charge is 0.497 e. The van der Waals surface area contributed by atoms with Gasteiger partial charge in [0.25, 0.3) is 5.91 Å². The van der Waals surface area contributed by atoms with E-state index in [9.17, 15) is 36.3 Å². The summed E-state index contributed by atoms with van der Waals surface area (Å²) in [5.74, 6) is -13.0. The number of hydrogen-bond donors (Lipinski definition) is 2. The molecule has 1 saturated heterocycles. The molecule has 0 bridgehead atoms. The van der Waals surface area contributed by atoms with Crippen LogP contribution in [0, 0.1) is 29.1 Å². The summed E-state index contributed by atoms with van der Waals surface area (Å²) in [5, 5.41) is 2.72. The number of hydrogen-bond acceptors (Lipinski definition) is 7. The molecule has 0 aliphatic carbocycles. The highest BCUT2D eigenvalue weighted by Gasteiger charge is 2.45. The molecule has 2 N–H and O–H groups in total. The Kier molecular flexibility index (Phi) is 8.37. The van der Waals surface area contributed by atoms with Crippen molar-refractivity contribution in [2.75, 3.05) is 29.9 Å². The van der Waals surface area contributed by atoms with Crippen LogP contribution in [0.5, 0.6) is 5.75 Å². The maximum absolute atomic E-state index is 14.5. The van der Waals surface area contributed by atoms with Crippen molar-refractivity contribution in [1.82, 2.24) is 5.01 Å². The highest BCUT2D eigenvalue weighted by Crippen LogP contribution is 2.32. The third-order valence-electron chi connectivity index (χ3n) is 5.96. The molecule has 1 atom stereocenters. The van der Waals surface area contributed by atoms with Gasteiger partial charge in [0.1, 0.15) is 17.5 Å². The molecule has 1 unspecified atom stereocenters. The number of benzene rings is 3. The number of amides is 2. The molecule has 0 spiro atoms. The minimum atomic E-state index is -2.38. The van der Waals surface area contributed by atoms with E-state index in [0.29, 0.717) is 10.8 Å². The van der Waals surface area contributed by atoms with Crippen LogP contribution in [0.4, 0.5) is 39.0 Å². The van der Waals surface area contributed by atoms with Crippen LogP contribution in [-0.4, -0.2) is 48.2 Å². The van der Waals surface area contributed by atoms with E-state index in [1.165, 1.54) is 62.8 Å². The zero-order valence-corrected chi connectivity index (χ0v) is 22.0. The second-order valence-corrected chi connectivity index (χ2v) is 8.78. The molecule has 1 aliphatic heterocycles. The van der Waals surface area contributed by atoms with Crippen LogP contribution in [0.2, 0.25) is 0 Å². The molecule has 2 amide bonds. The summed E-state index contributed by atoms with van der Waals surface area (Å²) < 4.78 is 80.0. The van der Waals surface area contributed by atoms with E-state index in [1.807, 2.05) is 5.43 Å². The monoisotopic (exact) mass is 594 g/mol. The number of methoxy groups -OCH3 is 2. The quantitative estimate of drug-likeness (QED) is 0.129. The van der Waals surface area contributed by atoms with Gasteiger partial charge in [-0.15, -0.1) is 0 Å². The molecule has 1 heterocycles.